The number of thiophene rings is 1. The monoisotopic (exact) mass is 236 g/mol. The molecule has 1 aromatic heterocycles. The van der Waals surface area contributed by atoms with Gasteiger partial charge in [0.2, 0.25) is 0 Å². The van der Waals surface area contributed by atoms with Crippen LogP contribution in [0.15, 0.2) is 11.4 Å². The van der Waals surface area contributed by atoms with Crippen LogP contribution in [0.4, 0.5) is 0 Å². The molecule has 1 aliphatic carbocycles. The second kappa shape index (κ2) is 4.29. The number of Topliss-reactive ketones (excluding diaryl/α,β-unsaturated/α-hetero) is 3. The van der Waals surface area contributed by atoms with Crippen LogP contribution in [0, 0.1) is 12.8 Å². The van der Waals surface area contributed by atoms with Crippen molar-refractivity contribution in [1.82, 2.24) is 0 Å². The van der Waals surface area contributed by atoms with Crippen molar-refractivity contribution in [3.8, 4) is 0 Å². The Morgan fingerprint density at radius 1 is 1.31 bits per heavy atom. The van der Waals surface area contributed by atoms with E-state index in [1.54, 1.807) is 5.38 Å². The van der Waals surface area contributed by atoms with Crippen LogP contribution in [0.1, 0.15) is 34.5 Å². The molecule has 0 aliphatic heterocycles. The Morgan fingerprint density at radius 3 is 2.44 bits per heavy atom. The summed E-state index contributed by atoms with van der Waals surface area (Å²) in [6, 6.07) is 1.83. The van der Waals surface area contributed by atoms with E-state index < -0.39 is 5.92 Å². The van der Waals surface area contributed by atoms with E-state index in [2.05, 4.69) is 0 Å². The number of carbonyl (C=O) groups excluding carboxylic acids is 3. The lowest BCUT2D eigenvalue weighted by Gasteiger charge is -2.17. The molecule has 0 amide bonds. The average Bonchev–Trinajstić information content (AvgIpc) is 2.64. The molecule has 0 bridgehead atoms. The van der Waals surface area contributed by atoms with Gasteiger partial charge in [-0.1, -0.05) is 0 Å². The molecule has 16 heavy (non-hydrogen) atoms. The Kier molecular flexibility index (Phi) is 3.01. The lowest BCUT2D eigenvalue weighted by Crippen LogP contribution is -2.35. The minimum Gasteiger partial charge on any atom is -0.298 e. The molecule has 0 radical (unpaired) electrons. The first-order valence-electron chi connectivity index (χ1n) is 5.25. The minimum absolute atomic E-state index is 0.214. The summed E-state index contributed by atoms with van der Waals surface area (Å²) in [6.07, 6.45) is 1.30. The maximum Gasteiger partial charge on any atom is 0.190 e. The molecule has 3 nitrogen and oxygen atoms in total. The van der Waals surface area contributed by atoms with Crippen LogP contribution < -0.4 is 0 Å². The molecule has 4 heteroatoms. The van der Waals surface area contributed by atoms with Gasteiger partial charge in [0.1, 0.15) is 5.92 Å². The van der Waals surface area contributed by atoms with Gasteiger partial charge in [0.05, 0.1) is 4.88 Å². The molecular formula is C12H12O3S. The summed E-state index contributed by atoms with van der Waals surface area (Å²) in [4.78, 5) is 35.9. The molecule has 1 aliphatic rings. The van der Waals surface area contributed by atoms with Gasteiger partial charge in [0.25, 0.3) is 0 Å². The predicted molar refractivity (Wildman–Crippen MR) is 60.7 cm³/mol. The lowest BCUT2D eigenvalue weighted by atomic mass is 9.83. The van der Waals surface area contributed by atoms with Crippen molar-refractivity contribution in [3.05, 3.63) is 21.9 Å². The number of hydrogen-bond donors (Lipinski definition) is 0. The van der Waals surface area contributed by atoms with Crippen molar-refractivity contribution in [1.29, 1.82) is 0 Å². The molecule has 1 heterocycles. The van der Waals surface area contributed by atoms with Gasteiger partial charge in [0.15, 0.2) is 17.3 Å². The zero-order valence-corrected chi connectivity index (χ0v) is 9.80. The third-order valence-electron chi connectivity index (χ3n) is 2.84. The average molecular weight is 236 g/mol. The number of aryl methyl sites for hydroxylation is 1. The van der Waals surface area contributed by atoms with E-state index in [1.807, 2.05) is 13.0 Å². The van der Waals surface area contributed by atoms with Gasteiger partial charge in [-0.25, -0.2) is 0 Å². The van der Waals surface area contributed by atoms with Gasteiger partial charge in [-0.05, 0) is 30.4 Å². The molecule has 2 rings (SSSR count). The molecular weight excluding hydrogens is 224 g/mol. The number of carbonyl (C=O) groups is 3. The molecule has 0 aromatic carbocycles. The SMILES string of the molecule is Cc1ccsc1C(=O)C1C(=O)CCCC1=O. The van der Waals surface area contributed by atoms with Crippen LogP contribution in [-0.4, -0.2) is 17.3 Å². The van der Waals surface area contributed by atoms with Crippen molar-refractivity contribution in [2.45, 2.75) is 26.2 Å². The Hall–Kier alpha value is -1.29. The van der Waals surface area contributed by atoms with Gasteiger partial charge in [0, 0.05) is 12.8 Å². The Bertz CT molecular complexity index is 443. The first-order valence-corrected chi connectivity index (χ1v) is 6.13. The van der Waals surface area contributed by atoms with Crippen LogP contribution in [0.2, 0.25) is 0 Å². The summed E-state index contributed by atoms with van der Waals surface area (Å²) < 4.78 is 0. The van der Waals surface area contributed by atoms with Crippen molar-refractivity contribution < 1.29 is 14.4 Å². The highest BCUT2D eigenvalue weighted by Gasteiger charge is 2.37. The minimum atomic E-state index is -1.02. The van der Waals surface area contributed by atoms with Crippen LogP contribution in [0.5, 0.6) is 0 Å². The maximum atomic E-state index is 12.1. The smallest absolute Gasteiger partial charge is 0.190 e. The number of hydrogen-bond acceptors (Lipinski definition) is 4. The van der Waals surface area contributed by atoms with Gasteiger partial charge in [-0.15, -0.1) is 11.3 Å². The summed E-state index contributed by atoms with van der Waals surface area (Å²) in [5.74, 6) is -1.75. The second-order valence-corrected chi connectivity index (χ2v) is 4.93. The van der Waals surface area contributed by atoms with E-state index in [-0.39, 0.29) is 17.3 Å². The van der Waals surface area contributed by atoms with Crippen LogP contribution in [-0.2, 0) is 9.59 Å². The third-order valence-corrected chi connectivity index (χ3v) is 3.87. The number of ketones is 3. The van der Waals surface area contributed by atoms with E-state index in [4.69, 9.17) is 0 Å². The van der Waals surface area contributed by atoms with Gasteiger partial charge >= 0.3 is 0 Å². The highest BCUT2D eigenvalue weighted by molar-refractivity contribution is 7.12. The van der Waals surface area contributed by atoms with Gasteiger partial charge in [-0.3, -0.25) is 14.4 Å². The summed E-state index contributed by atoms with van der Waals surface area (Å²) >= 11 is 1.30. The van der Waals surface area contributed by atoms with Crippen molar-refractivity contribution in [3.63, 3.8) is 0 Å². The van der Waals surface area contributed by atoms with E-state index >= 15 is 0 Å². The highest BCUT2D eigenvalue weighted by Crippen LogP contribution is 2.25. The number of rotatable bonds is 2. The molecule has 0 saturated heterocycles. The third kappa shape index (κ3) is 1.85. The predicted octanol–water partition coefficient (Wildman–Crippen LogP) is 2.18. The topological polar surface area (TPSA) is 51.2 Å². The van der Waals surface area contributed by atoms with E-state index in [0.717, 1.165) is 5.56 Å². The largest absolute Gasteiger partial charge is 0.298 e. The fourth-order valence-corrected chi connectivity index (χ4v) is 2.85. The summed E-state index contributed by atoms with van der Waals surface area (Å²) in [5, 5.41) is 1.81. The van der Waals surface area contributed by atoms with Gasteiger partial charge in [-0.2, -0.15) is 0 Å². The standard InChI is InChI=1S/C12H12O3S/c1-7-5-6-16-12(7)11(15)10-8(13)3-2-4-9(10)14/h5-6,10H,2-4H2,1H3. The van der Waals surface area contributed by atoms with E-state index in [1.165, 1.54) is 11.3 Å². The molecule has 1 saturated carbocycles. The Morgan fingerprint density at radius 2 is 1.94 bits per heavy atom. The van der Waals surface area contributed by atoms with Crippen molar-refractivity contribution in [2.24, 2.45) is 5.92 Å². The first kappa shape index (κ1) is 11.2. The van der Waals surface area contributed by atoms with E-state index in [0.29, 0.717) is 24.1 Å². The fraction of sp³-hybridized carbons (Fsp3) is 0.417. The zero-order chi connectivity index (χ0) is 11.7. The maximum absolute atomic E-state index is 12.1. The second-order valence-electron chi connectivity index (χ2n) is 4.02. The molecule has 1 aromatic rings. The van der Waals surface area contributed by atoms with Crippen LogP contribution in [0.3, 0.4) is 0 Å². The van der Waals surface area contributed by atoms with Gasteiger partial charge < -0.3 is 0 Å². The normalized spacial score (nSPS) is 17.8. The quantitative estimate of drug-likeness (QED) is 0.584. The zero-order valence-electron chi connectivity index (χ0n) is 8.99. The summed E-state index contributed by atoms with van der Waals surface area (Å²) in [6.45, 7) is 1.82. The molecule has 0 spiro atoms. The van der Waals surface area contributed by atoms with Crippen LogP contribution >= 0.6 is 11.3 Å². The Balaban J connectivity index is 2.30. The first-order chi connectivity index (χ1) is 7.61. The summed E-state index contributed by atoms with van der Waals surface area (Å²) in [7, 11) is 0. The van der Waals surface area contributed by atoms with E-state index in [9.17, 15) is 14.4 Å². The highest BCUT2D eigenvalue weighted by atomic mass is 32.1. The summed E-state index contributed by atoms with van der Waals surface area (Å²) in [5.41, 5.74) is 0.848. The molecule has 84 valence electrons. The fourth-order valence-electron chi connectivity index (χ4n) is 1.95. The molecule has 1 fully saturated rings. The van der Waals surface area contributed by atoms with Crippen molar-refractivity contribution in [2.75, 3.05) is 0 Å². The Labute approximate surface area is 97.5 Å². The molecule has 0 unspecified atom stereocenters. The molecule has 0 N–H and O–H groups in total. The van der Waals surface area contributed by atoms with Crippen molar-refractivity contribution >= 4 is 28.7 Å². The van der Waals surface area contributed by atoms with Crippen LogP contribution in [0.25, 0.3) is 0 Å². The molecule has 0 atom stereocenters. The lowest BCUT2D eigenvalue weighted by molar-refractivity contribution is -0.133.